The summed E-state index contributed by atoms with van der Waals surface area (Å²) < 4.78 is 16.7. The molecule has 0 bridgehead atoms. The molecular weight excluding hydrogens is 444 g/mol. The van der Waals surface area contributed by atoms with Crippen molar-refractivity contribution in [2.45, 2.75) is 32.9 Å². The number of fused-ring (bicyclic) bond motifs is 1. The van der Waals surface area contributed by atoms with Crippen LogP contribution >= 0.6 is 0 Å². The van der Waals surface area contributed by atoms with Gasteiger partial charge in [0, 0.05) is 17.8 Å². The summed E-state index contributed by atoms with van der Waals surface area (Å²) in [7, 11) is 1.58. The molecule has 0 radical (unpaired) electrons. The summed E-state index contributed by atoms with van der Waals surface area (Å²) in [5, 5.41) is 2.94. The van der Waals surface area contributed by atoms with Crippen LogP contribution in [0.25, 0.3) is 0 Å². The molecule has 0 saturated carbocycles. The van der Waals surface area contributed by atoms with Gasteiger partial charge in [-0.15, -0.1) is 0 Å². The summed E-state index contributed by atoms with van der Waals surface area (Å²) in [5.41, 5.74) is 3.08. The Hall–Kier alpha value is -4.00. The van der Waals surface area contributed by atoms with Crippen molar-refractivity contribution in [3.63, 3.8) is 0 Å². The maximum Gasteiger partial charge on any atom is 0.255 e. The molecule has 1 N–H and O–H groups in total. The highest BCUT2D eigenvalue weighted by Crippen LogP contribution is 2.37. The zero-order valence-corrected chi connectivity index (χ0v) is 20.2. The summed E-state index contributed by atoms with van der Waals surface area (Å²) in [4.78, 5) is 28.2. The Morgan fingerprint density at radius 3 is 2.40 bits per heavy atom. The van der Waals surface area contributed by atoms with Gasteiger partial charge in [0.15, 0.2) is 11.5 Å². The van der Waals surface area contributed by atoms with Crippen LogP contribution in [0.1, 0.15) is 47.8 Å². The zero-order valence-electron chi connectivity index (χ0n) is 20.2. The molecule has 35 heavy (non-hydrogen) atoms. The molecule has 1 heterocycles. The van der Waals surface area contributed by atoms with E-state index in [9.17, 15) is 9.59 Å². The number of anilines is 1. The van der Waals surface area contributed by atoms with Gasteiger partial charge in [0.2, 0.25) is 5.91 Å². The molecular formula is C28H30N2O5. The molecule has 0 spiro atoms. The average Bonchev–Trinajstić information content (AvgIpc) is 3.20. The van der Waals surface area contributed by atoms with Crippen molar-refractivity contribution in [1.29, 1.82) is 0 Å². The fourth-order valence-electron chi connectivity index (χ4n) is 4.29. The van der Waals surface area contributed by atoms with Crippen molar-refractivity contribution in [3.8, 4) is 17.2 Å². The molecule has 3 aromatic rings. The Balaban J connectivity index is 1.61. The second kappa shape index (κ2) is 11.0. The number of rotatable bonds is 10. The van der Waals surface area contributed by atoms with E-state index >= 15 is 0 Å². The first-order chi connectivity index (χ1) is 17.0. The third kappa shape index (κ3) is 5.40. The van der Waals surface area contributed by atoms with Crippen LogP contribution in [0.15, 0.2) is 66.7 Å². The van der Waals surface area contributed by atoms with Crippen LogP contribution in [0, 0.1) is 0 Å². The van der Waals surface area contributed by atoms with Gasteiger partial charge in [-0.3, -0.25) is 9.59 Å². The van der Waals surface area contributed by atoms with E-state index in [1.54, 1.807) is 24.1 Å². The van der Waals surface area contributed by atoms with Crippen LogP contribution in [0.3, 0.4) is 0 Å². The number of benzene rings is 3. The number of hydrogen-bond donors (Lipinski definition) is 1. The molecule has 7 nitrogen and oxygen atoms in total. The lowest BCUT2D eigenvalue weighted by molar-refractivity contribution is -0.117. The molecule has 0 aliphatic carbocycles. The monoisotopic (exact) mass is 474 g/mol. The predicted molar refractivity (Wildman–Crippen MR) is 134 cm³/mol. The number of amides is 2. The largest absolute Gasteiger partial charge is 0.494 e. The maximum absolute atomic E-state index is 13.3. The Labute approximate surface area is 205 Å². The predicted octanol–water partition coefficient (Wildman–Crippen LogP) is 5.22. The topological polar surface area (TPSA) is 77.1 Å². The fourth-order valence-corrected chi connectivity index (χ4v) is 4.29. The lowest BCUT2D eigenvalue weighted by atomic mass is 10.0. The van der Waals surface area contributed by atoms with Crippen molar-refractivity contribution in [2.75, 3.05) is 25.6 Å². The molecule has 2 amide bonds. The molecule has 0 saturated heterocycles. The van der Waals surface area contributed by atoms with Gasteiger partial charge in [0.25, 0.3) is 5.91 Å². The molecule has 182 valence electrons. The minimum absolute atomic E-state index is 0.0874. The van der Waals surface area contributed by atoms with E-state index in [1.165, 1.54) is 0 Å². The van der Waals surface area contributed by atoms with Crippen LogP contribution < -0.4 is 19.5 Å². The van der Waals surface area contributed by atoms with Gasteiger partial charge in [-0.1, -0.05) is 24.3 Å². The number of methoxy groups -OCH3 is 1. The third-order valence-electron chi connectivity index (χ3n) is 5.93. The van der Waals surface area contributed by atoms with Crippen molar-refractivity contribution in [1.82, 2.24) is 4.90 Å². The van der Waals surface area contributed by atoms with Crippen molar-refractivity contribution in [3.05, 3.63) is 83.4 Å². The SMILES string of the molecule is CCOc1ccc(NC(=O)C[C@@H](c2ccc(OCC)c(OC)c2)N2Cc3ccccc3C2=O)cc1. The van der Waals surface area contributed by atoms with Gasteiger partial charge >= 0.3 is 0 Å². The smallest absolute Gasteiger partial charge is 0.255 e. The number of nitrogens with one attached hydrogen (secondary N) is 1. The highest BCUT2D eigenvalue weighted by molar-refractivity contribution is 5.99. The lowest BCUT2D eigenvalue weighted by Gasteiger charge is -2.28. The van der Waals surface area contributed by atoms with Crippen LogP contribution in [0.2, 0.25) is 0 Å². The Morgan fingerprint density at radius 1 is 0.971 bits per heavy atom. The van der Waals surface area contributed by atoms with Crippen molar-refractivity contribution < 1.29 is 23.8 Å². The molecule has 0 fully saturated rings. The van der Waals surface area contributed by atoms with Crippen molar-refractivity contribution >= 4 is 17.5 Å². The summed E-state index contributed by atoms with van der Waals surface area (Å²) >= 11 is 0. The van der Waals surface area contributed by atoms with E-state index in [0.717, 1.165) is 16.9 Å². The molecule has 1 aliphatic heterocycles. The average molecular weight is 475 g/mol. The zero-order chi connectivity index (χ0) is 24.8. The fraction of sp³-hybridized carbons (Fsp3) is 0.286. The van der Waals surface area contributed by atoms with E-state index in [4.69, 9.17) is 14.2 Å². The third-order valence-corrected chi connectivity index (χ3v) is 5.93. The molecule has 0 unspecified atom stereocenters. The van der Waals surface area contributed by atoms with E-state index < -0.39 is 6.04 Å². The molecule has 7 heteroatoms. The summed E-state index contributed by atoms with van der Waals surface area (Å²) in [5.74, 6) is 1.63. The number of ether oxygens (including phenoxy) is 3. The van der Waals surface area contributed by atoms with Gasteiger partial charge in [-0.25, -0.2) is 0 Å². The first-order valence-corrected chi connectivity index (χ1v) is 11.8. The highest BCUT2D eigenvalue weighted by Gasteiger charge is 2.34. The maximum atomic E-state index is 13.3. The number of carbonyl (C=O) groups excluding carboxylic acids is 2. The Kier molecular flexibility index (Phi) is 7.55. The standard InChI is InChI=1S/C28H30N2O5/c1-4-34-22-13-11-21(12-14-22)29-27(31)17-24(19-10-15-25(35-5-2)26(16-19)33-3)30-18-20-8-6-7-9-23(20)28(30)32/h6-16,24H,4-5,17-18H2,1-3H3,(H,29,31)/t24-/m0/s1. The Bertz CT molecular complexity index is 1190. The van der Waals surface area contributed by atoms with Crippen LogP contribution in [-0.4, -0.2) is 37.0 Å². The summed E-state index contributed by atoms with van der Waals surface area (Å²) in [6, 6.07) is 19.8. The molecule has 0 aromatic heterocycles. The van der Waals surface area contributed by atoms with Crippen LogP contribution in [-0.2, 0) is 11.3 Å². The second-order valence-electron chi connectivity index (χ2n) is 8.16. The van der Waals surface area contributed by atoms with E-state index in [-0.39, 0.29) is 18.2 Å². The first kappa shape index (κ1) is 24.1. The number of hydrogen-bond acceptors (Lipinski definition) is 5. The Morgan fingerprint density at radius 2 is 1.71 bits per heavy atom. The lowest BCUT2D eigenvalue weighted by Crippen LogP contribution is -2.32. The van der Waals surface area contributed by atoms with Crippen LogP contribution in [0.4, 0.5) is 5.69 Å². The van der Waals surface area contributed by atoms with Gasteiger partial charge < -0.3 is 24.4 Å². The minimum atomic E-state index is -0.484. The van der Waals surface area contributed by atoms with Crippen LogP contribution in [0.5, 0.6) is 17.2 Å². The number of nitrogens with zero attached hydrogens (tertiary/aromatic N) is 1. The van der Waals surface area contributed by atoms with E-state index in [0.29, 0.717) is 42.5 Å². The first-order valence-electron chi connectivity index (χ1n) is 11.8. The minimum Gasteiger partial charge on any atom is -0.494 e. The van der Waals surface area contributed by atoms with Gasteiger partial charge in [-0.05, 0) is 67.4 Å². The normalized spacial score (nSPS) is 13.2. The molecule has 1 atom stereocenters. The van der Waals surface area contributed by atoms with Crippen molar-refractivity contribution in [2.24, 2.45) is 0 Å². The summed E-state index contributed by atoms with van der Waals surface area (Å²) in [6.45, 7) is 5.34. The quantitative estimate of drug-likeness (QED) is 0.436. The highest BCUT2D eigenvalue weighted by atomic mass is 16.5. The second-order valence-corrected chi connectivity index (χ2v) is 8.16. The molecule has 1 aliphatic rings. The van der Waals surface area contributed by atoms with Gasteiger partial charge in [0.05, 0.1) is 32.8 Å². The summed E-state index contributed by atoms with van der Waals surface area (Å²) in [6.07, 6.45) is 0.0874. The van der Waals surface area contributed by atoms with E-state index in [2.05, 4.69) is 5.32 Å². The molecule has 3 aromatic carbocycles. The van der Waals surface area contributed by atoms with Gasteiger partial charge in [-0.2, -0.15) is 0 Å². The number of carbonyl (C=O) groups is 2. The molecule has 4 rings (SSSR count). The van der Waals surface area contributed by atoms with Gasteiger partial charge in [0.1, 0.15) is 5.75 Å². The van der Waals surface area contributed by atoms with E-state index in [1.807, 2.05) is 68.4 Å².